The Kier molecular flexibility index (Phi) is 13.3. The number of amides is 3. The van der Waals surface area contributed by atoms with Crippen molar-refractivity contribution in [3.8, 4) is 0 Å². The van der Waals surface area contributed by atoms with Crippen LogP contribution < -0.4 is 16.0 Å². The Balaban J connectivity index is 1.80. The highest BCUT2D eigenvalue weighted by molar-refractivity contribution is 5.92. The van der Waals surface area contributed by atoms with Crippen molar-refractivity contribution in [1.82, 2.24) is 25.9 Å². The second-order valence-electron chi connectivity index (χ2n) is 13.4. The van der Waals surface area contributed by atoms with Crippen molar-refractivity contribution < 1.29 is 29.3 Å². The molecule has 3 amide bonds. The van der Waals surface area contributed by atoms with Gasteiger partial charge in [0.15, 0.2) is 0 Å². The maximum absolute atomic E-state index is 13.9. The predicted octanol–water partition coefficient (Wildman–Crippen LogP) is 2.42. The first kappa shape index (κ1) is 35.2. The molecule has 6 N–H and O–H groups in total. The van der Waals surface area contributed by atoms with Crippen molar-refractivity contribution in [1.29, 1.82) is 0 Å². The number of aliphatic hydroxyl groups excluding tert-OH is 2. The lowest BCUT2D eigenvalue weighted by Crippen LogP contribution is -2.58. The van der Waals surface area contributed by atoms with Crippen molar-refractivity contribution in [2.75, 3.05) is 0 Å². The molecule has 6 atom stereocenters. The number of aliphatic imine (C=N–C) groups is 2. The zero-order valence-electron chi connectivity index (χ0n) is 26.7. The first-order valence-electron chi connectivity index (χ1n) is 15.8. The fourth-order valence-electron chi connectivity index (χ4n) is 5.68. The molecule has 0 saturated heterocycles. The Labute approximate surface area is 260 Å². The van der Waals surface area contributed by atoms with Gasteiger partial charge >= 0.3 is 6.09 Å². The first-order valence-corrected chi connectivity index (χ1v) is 15.8. The fraction of sp³-hybridized carbons (Fsp3) is 0.742. The molecule has 1 aliphatic carbocycles. The van der Waals surface area contributed by atoms with E-state index in [0.717, 1.165) is 25.7 Å². The van der Waals surface area contributed by atoms with Gasteiger partial charge in [-0.1, -0.05) is 46.0 Å². The molecule has 3 rings (SSSR count). The van der Waals surface area contributed by atoms with E-state index < -0.39 is 59.9 Å². The molecule has 1 aliphatic heterocycles. The maximum atomic E-state index is 13.9. The normalized spacial score (nSPS) is 20.5. The summed E-state index contributed by atoms with van der Waals surface area (Å²) < 4.78 is 5.38. The minimum absolute atomic E-state index is 0.0839. The van der Waals surface area contributed by atoms with Crippen LogP contribution in [-0.4, -0.2) is 92.6 Å². The van der Waals surface area contributed by atoms with Crippen LogP contribution in [0.4, 0.5) is 4.79 Å². The Morgan fingerprint density at radius 1 is 1.02 bits per heavy atom. The van der Waals surface area contributed by atoms with Gasteiger partial charge in [-0.25, -0.2) is 14.8 Å². The van der Waals surface area contributed by atoms with Crippen molar-refractivity contribution in [3.05, 3.63) is 18.2 Å². The average Bonchev–Trinajstić information content (AvgIpc) is 3.65. The van der Waals surface area contributed by atoms with E-state index in [9.17, 15) is 24.6 Å². The van der Waals surface area contributed by atoms with Crippen LogP contribution in [0.5, 0.6) is 0 Å². The molecule has 0 radical (unpaired) electrons. The lowest BCUT2D eigenvalue weighted by Gasteiger charge is -2.34. The Hall–Kier alpha value is -3.32. The molecule has 1 fully saturated rings. The summed E-state index contributed by atoms with van der Waals surface area (Å²) in [4.78, 5) is 55.4. The number of nitrogens with one attached hydrogen (secondary N) is 4. The SMILES string of the molecule is CC(C)C[C@H](O)[C@H](O)[C@H](CC1CCCCC1)NC(=O)[C@H](Cc1cnc[nH]1)NC(=O)[C@H](CC1C=NC=N1)NC(=O)OC(C)(C)C. The van der Waals surface area contributed by atoms with Gasteiger partial charge in [-0.2, -0.15) is 0 Å². The van der Waals surface area contributed by atoms with Crippen LogP contribution in [0.15, 0.2) is 22.5 Å². The third-order valence-corrected chi connectivity index (χ3v) is 7.84. The molecule has 0 bridgehead atoms. The van der Waals surface area contributed by atoms with E-state index in [2.05, 4.69) is 35.9 Å². The quantitative estimate of drug-likeness (QED) is 0.174. The standard InChI is InChI=1S/C31H51N7O6/c1-19(2)11-26(39)27(40)23(12-20-9-7-6-8-10-20)36-28(41)24(13-21-15-32-17-34-21)37-29(42)25(14-22-16-33-18-35-22)38-30(43)44-31(3,4)5/h15-20,22-27,39-40H,6-14H2,1-5H3,(H,32,34)(H,36,41)(H,37,42)(H,38,43)/t22?,23-,24-,25-,26-,27+/m0/s1. The van der Waals surface area contributed by atoms with Gasteiger partial charge in [0.1, 0.15) is 30.1 Å². The molecule has 44 heavy (non-hydrogen) atoms. The van der Waals surface area contributed by atoms with Crippen LogP contribution in [0, 0.1) is 11.8 Å². The Bertz CT molecular complexity index is 1100. The van der Waals surface area contributed by atoms with E-state index in [-0.39, 0.29) is 18.8 Å². The largest absolute Gasteiger partial charge is 0.444 e. The van der Waals surface area contributed by atoms with Gasteiger partial charge < -0.3 is 35.9 Å². The van der Waals surface area contributed by atoms with Gasteiger partial charge in [0.05, 0.1) is 24.5 Å². The summed E-state index contributed by atoms with van der Waals surface area (Å²) in [6.07, 6.45) is 9.49. The topological polar surface area (TPSA) is 190 Å². The number of rotatable bonds is 15. The lowest BCUT2D eigenvalue weighted by molar-refractivity contribution is -0.131. The second-order valence-corrected chi connectivity index (χ2v) is 13.4. The molecule has 1 aromatic heterocycles. The van der Waals surface area contributed by atoms with Gasteiger partial charge in [-0.3, -0.25) is 14.6 Å². The molecule has 1 aromatic rings. The summed E-state index contributed by atoms with van der Waals surface area (Å²) in [5, 5.41) is 30.4. The maximum Gasteiger partial charge on any atom is 0.408 e. The summed E-state index contributed by atoms with van der Waals surface area (Å²) in [6, 6.07) is -3.29. The predicted molar refractivity (Wildman–Crippen MR) is 167 cm³/mol. The summed E-state index contributed by atoms with van der Waals surface area (Å²) in [7, 11) is 0. The van der Waals surface area contributed by atoms with Gasteiger partial charge in [0, 0.05) is 30.9 Å². The fourth-order valence-corrected chi connectivity index (χ4v) is 5.68. The molecule has 13 heteroatoms. The lowest BCUT2D eigenvalue weighted by atomic mass is 9.82. The highest BCUT2D eigenvalue weighted by Crippen LogP contribution is 2.29. The molecule has 1 saturated carbocycles. The van der Waals surface area contributed by atoms with E-state index in [0.29, 0.717) is 24.5 Å². The van der Waals surface area contributed by atoms with Gasteiger partial charge in [-0.15, -0.1) is 0 Å². The van der Waals surface area contributed by atoms with Crippen LogP contribution in [0.1, 0.15) is 91.7 Å². The third kappa shape index (κ3) is 12.0. The molecule has 1 unspecified atom stereocenters. The van der Waals surface area contributed by atoms with E-state index in [4.69, 9.17) is 4.74 Å². The third-order valence-electron chi connectivity index (χ3n) is 7.84. The summed E-state index contributed by atoms with van der Waals surface area (Å²) in [5.74, 6) is -0.648. The molecular weight excluding hydrogens is 566 g/mol. The number of H-pyrrole nitrogens is 1. The minimum atomic E-state index is -1.17. The second kappa shape index (κ2) is 16.7. The average molecular weight is 618 g/mol. The molecule has 246 valence electrons. The van der Waals surface area contributed by atoms with E-state index >= 15 is 0 Å². The van der Waals surface area contributed by atoms with Crippen LogP contribution in [0.3, 0.4) is 0 Å². The molecule has 2 heterocycles. The number of carbonyl (C=O) groups excluding carboxylic acids is 3. The molecule has 0 spiro atoms. The zero-order chi connectivity index (χ0) is 32.3. The van der Waals surface area contributed by atoms with E-state index in [1.165, 1.54) is 19.1 Å². The van der Waals surface area contributed by atoms with Gasteiger partial charge in [-0.05, 0) is 45.4 Å². The first-order chi connectivity index (χ1) is 20.8. The van der Waals surface area contributed by atoms with Gasteiger partial charge in [0.25, 0.3) is 0 Å². The number of nitrogens with zero attached hydrogens (tertiary/aromatic N) is 3. The highest BCUT2D eigenvalue weighted by atomic mass is 16.6. The van der Waals surface area contributed by atoms with Gasteiger partial charge in [0.2, 0.25) is 11.8 Å². The minimum Gasteiger partial charge on any atom is -0.444 e. The van der Waals surface area contributed by atoms with E-state index in [1.54, 1.807) is 33.2 Å². The zero-order valence-corrected chi connectivity index (χ0v) is 26.7. The van der Waals surface area contributed by atoms with Crippen LogP contribution in [0.25, 0.3) is 0 Å². The number of aromatic nitrogens is 2. The van der Waals surface area contributed by atoms with Crippen LogP contribution in [0.2, 0.25) is 0 Å². The number of aliphatic hydroxyl groups is 2. The smallest absolute Gasteiger partial charge is 0.408 e. The van der Waals surface area contributed by atoms with Crippen molar-refractivity contribution in [3.63, 3.8) is 0 Å². The molecular formula is C31H51N7O6. The van der Waals surface area contributed by atoms with Crippen LogP contribution in [-0.2, 0) is 20.7 Å². The summed E-state index contributed by atoms with van der Waals surface area (Å²) >= 11 is 0. The number of alkyl carbamates (subject to hydrolysis) is 1. The number of carbonyl (C=O) groups is 3. The molecule has 2 aliphatic rings. The monoisotopic (exact) mass is 617 g/mol. The number of hydrogen-bond acceptors (Lipinski definition) is 9. The molecule has 0 aromatic carbocycles. The van der Waals surface area contributed by atoms with Crippen molar-refractivity contribution in [2.24, 2.45) is 21.8 Å². The summed E-state index contributed by atoms with van der Waals surface area (Å²) in [6.45, 7) is 9.08. The number of aromatic amines is 1. The Morgan fingerprint density at radius 3 is 2.32 bits per heavy atom. The highest BCUT2D eigenvalue weighted by Gasteiger charge is 2.35. The number of ether oxygens (including phenoxy) is 1. The van der Waals surface area contributed by atoms with Crippen molar-refractivity contribution >= 4 is 30.5 Å². The van der Waals surface area contributed by atoms with Crippen LogP contribution >= 0.6 is 0 Å². The number of hydrogen-bond donors (Lipinski definition) is 6. The van der Waals surface area contributed by atoms with E-state index in [1.807, 2.05) is 13.8 Å². The van der Waals surface area contributed by atoms with Crippen molar-refractivity contribution in [2.45, 2.75) is 134 Å². The molecule has 13 nitrogen and oxygen atoms in total. The Morgan fingerprint density at radius 2 is 1.73 bits per heavy atom. The number of imidazole rings is 1. The summed E-state index contributed by atoms with van der Waals surface area (Å²) in [5.41, 5.74) is -0.172.